The Kier molecular flexibility index (Phi) is 4.11. The fraction of sp³-hybridized carbons (Fsp3) is 0.500. The minimum Gasteiger partial charge on any atom is -0.349 e. The van der Waals surface area contributed by atoms with Crippen molar-refractivity contribution in [3.8, 4) is 0 Å². The van der Waals surface area contributed by atoms with Crippen molar-refractivity contribution in [1.29, 1.82) is 0 Å². The summed E-state index contributed by atoms with van der Waals surface area (Å²) < 4.78 is 0. The highest BCUT2D eigenvalue weighted by molar-refractivity contribution is 7.11. The zero-order valence-corrected chi connectivity index (χ0v) is 12.7. The zero-order valence-electron chi connectivity index (χ0n) is 11.8. The summed E-state index contributed by atoms with van der Waals surface area (Å²) in [4.78, 5) is 20.5. The van der Waals surface area contributed by atoms with Gasteiger partial charge in [0, 0.05) is 24.2 Å². The Labute approximate surface area is 126 Å². The van der Waals surface area contributed by atoms with Crippen LogP contribution in [0.25, 0.3) is 0 Å². The molecule has 8 nitrogen and oxygen atoms in total. The molecule has 21 heavy (non-hydrogen) atoms. The lowest BCUT2D eigenvalue weighted by Crippen LogP contribution is -2.23. The second kappa shape index (κ2) is 6.19. The topological polar surface area (TPSA) is 105 Å². The van der Waals surface area contributed by atoms with Gasteiger partial charge in [-0.15, -0.1) is 11.3 Å². The highest BCUT2D eigenvalue weighted by Gasteiger charge is 2.17. The molecule has 9 heteroatoms. The fourth-order valence-electron chi connectivity index (χ4n) is 2.22. The Bertz CT molecular complexity index is 607. The second-order valence-corrected chi connectivity index (χ2v) is 6.14. The van der Waals surface area contributed by atoms with Gasteiger partial charge in [0.05, 0.1) is 11.6 Å². The molecule has 0 radical (unpaired) electrons. The van der Waals surface area contributed by atoms with Gasteiger partial charge < -0.3 is 10.2 Å². The van der Waals surface area contributed by atoms with Crippen LogP contribution in [0.2, 0.25) is 0 Å². The van der Waals surface area contributed by atoms with Crippen LogP contribution in [0.5, 0.6) is 0 Å². The molecule has 0 amide bonds. The van der Waals surface area contributed by atoms with E-state index in [2.05, 4.69) is 35.6 Å². The Morgan fingerprint density at radius 3 is 2.67 bits per heavy atom. The predicted octanol–water partition coefficient (Wildman–Crippen LogP) is 1.13. The molecule has 1 aliphatic rings. The number of thiazole rings is 1. The van der Waals surface area contributed by atoms with Gasteiger partial charge in [0.25, 0.3) is 0 Å². The van der Waals surface area contributed by atoms with Crippen LogP contribution in [-0.2, 0) is 6.54 Å². The predicted molar refractivity (Wildman–Crippen MR) is 83.3 cm³/mol. The van der Waals surface area contributed by atoms with Crippen LogP contribution in [0.4, 0.5) is 17.8 Å². The molecule has 2 aromatic rings. The Morgan fingerprint density at radius 1 is 1.24 bits per heavy atom. The lowest BCUT2D eigenvalue weighted by atomic mass is 10.4. The maximum atomic E-state index is 5.44. The van der Waals surface area contributed by atoms with E-state index < -0.39 is 0 Å². The first-order valence-electron chi connectivity index (χ1n) is 6.87. The van der Waals surface area contributed by atoms with Crippen LogP contribution in [0.1, 0.15) is 22.7 Å². The number of nitrogens with two attached hydrogens (primary N) is 1. The first-order chi connectivity index (χ1) is 10.2. The first kappa shape index (κ1) is 14.0. The van der Waals surface area contributed by atoms with Gasteiger partial charge in [-0.25, -0.2) is 10.8 Å². The molecular weight excluding hydrogens is 288 g/mol. The van der Waals surface area contributed by atoms with Gasteiger partial charge >= 0.3 is 0 Å². The van der Waals surface area contributed by atoms with Crippen molar-refractivity contribution in [2.75, 3.05) is 28.7 Å². The maximum Gasteiger partial charge on any atom is 0.243 e. The number of nitrogen functional groups attached to an aromatic ring is 1. The molecule has 4 N–H and O–H groups in total. The minimum atomic E-state index is 0.370. The van der Waals surface area contributed by atoms with E-state index in [4.69, 9.17) is 5.84 Å². The van der Waals surface area contributed by atoms with Gasteiger partial charge in [-0.3, -0.25) is 5.43 Å². The zero-order chi connectivity index (χ0) is 14.7. The molecule has 3 rings (SSSR count). The largest absolute Gasteiger partial charge is 0.349 e. The van der Waals surface area contributed by atoms with Gasteiger partial charge in [-0.2, -0.15) is 15.0 Å². The van der Waals surface area contributed by atoms with Crippen molar-refractivity contribution in [3.63, 3.8) is 0 Å². The van der Waals surface area contributed by atoms with Crippen molar-refractivity contribution in [1.82, 2.24) is 19.9 Å². The number of hydrazine groups is 1. The van der Waals surface area contributed by atoms with Gasteiger partial charge in [-0.05, 0) is 19.8 Å². The van der Waals surface area contributed by atoms with E-state index in [-0.39, 0.29) is 0 Å². The molecule has 0 aromatic carbocycles. The van der Waals surface area contributed by atoms with Crippen molar-refractivity contribution in [2.45, 2.75) is 26.3 Å². The number of anilines is 3. The number of aromatic nitrogens is 4. The van der Waals surface area contributed by atoms with E-state index in [1.165, 1.54) is 12.8 Å². The van der Waals surface area contributed by atoms with Crippen LogP contribution in [0.15, 0.2) is 6.20 Å². The molecule has 2 aromatic heterocycles. The summed E-state index contributed by atoms with van der Waals surface area (Å²) in [6.45, 7) is 4.57. The number of hydrogen-bond acceptors (Lipinski definition) is 9. The van der Waals surface area contributed by atoms with Gasteiger partial charge in [0.2, 0.25) is 17.8 Å². The highest BCUT2D eigenvalue weighted by Crippen LogP contribution is 2.19. The Morgan fingerprint density at radius 2 is 2.00 bits per heavy atom. The Balaban J connectivity index is 1.75. The van der Waals surface area contributed by atoms with E-state index >= 15 is 0 Å². The lowest BCUT2D eigenvalue weighted by molar-refractivity contribution is 0.876. The summed E-state index contributed by atoms with van der Waals surface area (Å²) in [6.07, 6.45) is 4.19. The molecule has 0 atom stereocenters. The molecular formula is C12H18N8S. The number of rotatable bonds is 5. The summed E-state index contributed by atoms with van der Waals surface area (Å²) in [7, 11) is 0. The quantitative estimate of drug-likeness (QED) is 0.558. The molecule has 1 aliphatic heterocycles. The molecule has 3 heterocycles. The monoisotopic (exact) mass is 306 g/mol. The molecule has 112 valence electrons. The third-order valence-corrected chi connectivity index (χ3v) is 4.14. The van der Waals surface area contributed by atoms with Crippen LogP contribution in [0, 0.1) is 6.92 Å². The number of nitrogens with zero attached hydrogens (tertiary/aromatic N) is 5. The number of nitrogens with one attached hydrogen (secondary N) is 2. The molecule has 0 unspecified atom stereocenters. The van der Waals surface area contributed by atoms with E-state index in [1.54, 1.807) is 11.3 Å². The average molecular weight is 306 g/mol. The number of hydrogen-bond donors (Lipinski definition) is 3. The fourth-order valence-corrected chi connectivity index (χ4v) is 2.95. The third kappa shape index (κ3) is 3.37. The molecule has 0 spiro atoms. The normalized spacial score (nSPS) is 14.5. The van der Waals surface area contributed by atoms with E-state index in [9.17, 15) is 0 Å². The van der Waals surface area contributed by atoms with Gasteiger partial charge in [0.1, 0.15) is 0 Å². The van der Waals surface area contributed by atoms with Crippen molar-refractivity contribution >= 4 is 29.2 Å². The average Bonchev–Trinajstić information content (AvgIpc) is 3.16. The summed E-state index contributed by atoms with van der Waals surface area (Å²) in [5.74, 6) is 6.99. The summed E-state index contributed by atoms with van der Waals surface area (Å²) in [5.41, 5.74) is 2.49. The number of aryl methyl sites for hydroxylation is 1. The molecule has 0 bridgehead atoms. The second-order valence-electron chi connectivity index (χ2n) is 4.82. The van der Waals surface area contributed by atoms with Crippen molar-refractivity contribution in [3.05, 3.63) is 16.1 Å². The lowest BCUT2D eigenvalue weighted by Gasteiger charge is -2.16. The molecule has 1 fully saturated rings. The van der Waals surface area contributed by atoms with E-state index in [0.717, 1.165) is 23.0 Å². The maximum absolute atomic E-state index is 5.44. The van der Waals surface area contributed by atoms with Crippen LogP contribution >= 0.6 is 11.3 Å². The molecule has 1 saturated heterocycles. The first-order valence-corrected chi connectivity index (χ1v) is 7.69. The molecule has 0 saturated carbocycles. The Hall–Kier alpha value is -2.00. The van der Waals surface area contributed by atoms with Gasteiger partial charge in [0.15, 0.2) is 0 Å². The van der Waals surface area contributed by atoms with Crippen LogP contribution in [0.3, 0.4) is 0 Å². The standard InChI is InChI=1S/C12H18N8S/c1-8-14-6-9(21-8)7-15-10-16-11(19-13)18-12(17-10)20-4-2-3-5-20/h6H,2-5,7,13H2,1H3,(H2,15,16,17,18,19). The smallest absolute Gasteiger partial charge is 0.243 e. The van der Waals surface area contributed by atoms with Crippen LogP contribution in [-0.4, -0.2) is 33.0 Å². The minimum absolute atomic E-state index is 0.370. The van der Waals surface area contributed by atoms with Crippen molar-refractivity contribution < 1.29 is 0 Å². The van der Waals surface area contributed by atoms with Crippen molar-refractivity contribution in [2.24, 2.45) is 5.84 Å². The third-order valence-electron chi connectivity index (χ3n) is 3.23. The summed E-state index contributed by atoms with van der Waals surface area (Å²) in [5, 5.41) is 4.24. The van der Waals surface area contributed by atoms with Crippen LogP contribution < -0.4 is 21.5 Å². The molecule has 0 aliphatic carbocycles. The van der Waals surface area contributed by atoms with E-state index in [1.807, 2.05) is 13.1 Å². The SMILES string of the molecule is Cc1ncc(CNc2nc(NN)nc(N3CCCC3)n2)s1. The van der Waals surface area contributed by atoms with Gasteiger partial charge in [-0.1, -0.05) is 0 Å². The highest BCUT2D eigenvalue weighted by atomic mass is 32.1. The van der Waals surface area contributed by atoms with E-state index in [0.29, 0.717) is 24.4 Å². The summed E-state index contributed by atoms with van der Waals surface area (Å²) >= 11 is 1.65. The summed E-state index contributed by atoms with van der Waals surface area (Å²) in [6, 6.07) is 0.